The molecule has 0 aliphatic heterocycles. The van der Waals surface area contributed by atoms with E-state index in [1.165, 1.54) is 6.07 Å². The third-order valence-corrected chi connectivity index (χ3v) is 5.22. The van der Waals surface area contributed by atoms with Gasteiger partial charge in [-0.2, -0.15) is 4.39 Å². The molecule has 1 aromatic heterocycles. The molecule has 3 rings (SSSR count). The van der Waals surface area contributed by atoms with E-state index in [4.69, 9.17) is 55.1 Å². The van der Waals surface area contributed by atoms with E-state index in [-0.39, 0.29) is 11.4 Å². The summed E-state index contributed by atoms with van der Waals surface area (Å²) in [6.45, 7) is 0. The minimum atomic E-state index is -5.34. The van der Waals surface area contributed by atoms with Crippen LogP contribution in [0.2, 0.25) is 5.02 Å². The van der Waals surface area contributed by atoms with Crippen molar-refractivity contribution < 1.29 is 54.9 Å². The van der Waals surface area contributed by atoms with Gasteiger partial charge in [-0.05, 0) is 29.6 Å². The van der Waals surface area contributed by atoms with E-state index < -0.39 is 80.6 Å². The monoisotopic (exact) mass is 609 g/mol. The number of hydrogen-bond donors (Lipinski definition) is 2. The summed E-state index contributed by atoms with van der Waals surface area (Å²) in [6.07, 6.45) is -7.53. The molecule has 0 saturated carbocycles. The smallest absolute Gasteiger partial charge is 0.510 e. The van der Waals surface area contributed by atoms with Crippen molar-refractivity contribution in [2.24, 2.45) is 5.73 Å². The number of carbonyl (C=O) groups is 2. The number of alkyl halides is 5. The Morgan fingerprint density at radius 1 is 1.02 bits per heavy atom. The number of pyridine rings is 1. The quantitative estimate of drug-likeness (QED) is 0.259. The first-order chi connectivity index (χ1) is 19.4. The Morgan fingerprint density at radius 2 is 1.67 bits per heavy atom. The van der Waals surface area contributed by atoms with Crippen LogP contribution in [0.25, 0.3) is 0 Å². The lowest BCUT2D eigenvalue weighted by Gasteiger charge is -2.26. The maximum absolute atomic E-state index is 15.1. The number of nitrogens with two attached hydrogens (primary N) is 1. The normalized spacial score (nSPS) is 11.6. The molecule has 0 atom stereocenters. The highest BCUT2D eigenvalue weighted by molar-refractivity contribution is 6.58. The summed E-state index contributed by atoms with van der Waals surface area (Å²) >= 11 is 6.00. The summed E-state index contributed by atoms with van der Waals surface area (Å²) in [7, 11) is 16.9. The van der Waals surface area contributed by atoms with Crippen LogP contribution >= 0.6 is 11.6 Å². The maximum Gasteiger partial charge on any atom is 0.573 e. The van der Waals surface area contributed by atoms with Gasteiger partial charge in [0.1, 0.15) is 46.3 Å². The molecule has 2 amide bonds. The Balaban J connectivity index is 2.21. The van der Waals surface area contributed by atoms with E-state index in [0.717, 1.165) is 19.4 Å². The molecule has 0 spiro atoms. The molecule has 214 valence electrons. The van der Waals surface area contributed by atoms with Crippen molar-refractivity contribution in [1.29, 1.82) is 0 Å². The lowest BCUT2D eigenvalue weighted by molar-refractivity contribution is -0.275. The van der Waals surface area contributed by atoms with Crippen LogP contribution < -0.4 is 30.0 Å². The number of benzene rings is 2. The van der Waals surface area contributed by atoms with Crippen molar-refractivity contribution in [1.82, 2.24) is 4.98 Å². The largest absolute Gasteiger partial charge is 0.573 e. The fraction of sp³-hybridized carbons (Fsp3) is 0.174. The Hall–Kier alpha value is -4.21. The number of nitrogens with zero attached hydrogens (tertiary/aromatic N) is 1. The third kappa shape index (κ3) is 7.75. The van der Waals surface area contributed by atoms with Crippen LogP contribution in [0.15, 0.2) is 36.5 Å². The average Bonchev–Trinajstić information content (AvgIpc) is 2.85. The van der Waals surface area contributed by atoms with Crippen LogP contribution in [-0.4, -0.2) is 59.1 Å². The second kappa shape index (κ2) is 12.3. The minimum Gasteiger partial charge on any atom is -0.510 e. The Bertz CT molecular complexity index is 1520. The van der Waals surface area contributed by atoms with Gasteiger partial charge in [-0.25, -0.2) is 8.78 Å². The number of anilines is 1. The highest BCUT2D eigenvalue weighted by atomic mass is 35.5. The van der Waals surface area contributed by atoms with E-state index in [1.54, 1.807) is 0 Å². The van der Waals surface area contributed by atoms with E-state index in [9.17, 15) is 31.5 Å². The zero-order chi connectivity index (χ0) is 31.6. The van der Waals surface area contributed by atoms with E-state index in [2.05, 4.69) is 15.0 Å². The van der Waals surface area contributed by atoms with E-state index >= 15 is 4.39 Å². The number of methoxy groups -OCH3 is 1. The SMILES string of the molecule is [B]C([B])([B])Oc1c(Oc2cc(Cl)c(C(F)F)c(OC)c2C(=O)Nc2ccnc(C(N)=O)c2)ccc(OC(F)(F)F)c1F. The van der Waals surface area contributed by atoms with Gasteiger partial charge in [0.05, 0.1) is 17.7 Å². The number of aromatic nitrogens is 1. The highest BCUT2D eigenvalue weighted by Gasteiger charge is 2.35. The van der Waals surface area contributed by atoms with Gasteiger partial charge in [-0.1, -0.05) is 11.6 Å². The maximum atomic E-state index is 15.1. The first kappa shape index (κ1) is 32.3. The van der Waals surface area contributed by atoms with E-state index in [1.807, 2.05) is 0 Å². The number of amides is 2. The Kier molecular flexibility index (Phi) is 9.50. The van der Waals surface area contributed by atoms with Gasteiger partial charge < -0.3 is 30.0 Å². The molecule has 42 heavy (non-hydrogen) atoms. The predicted molar refractivity (Wildman–Crippen MR) is 137 cm³/mol. The average molecular weight is 609 g/mol. The molecule has 19 heteroatoms. The molecular formula is C23H13B3ClF6N3O6. The molecule has 0 fully saturated rings. The molecule has 0 unspecified atom stereocenters. The fourth-order valence-electron chi connectivity index (χ4n) is 3.36. The predicted octanol–water partition coefficient (Wildman–Crippen LogP) is 4.36. The zero-order valence-electron chi connectivity index (χ0n) is 20.9. The molecule has 3 aromatic rings. The lowest BCUT2D eigenvalue weighted by atomic mass is 9.52. The Labute approximate surface area is 241 Å². The van der Waals surface area contributed by atoms with Gasteiger partial charge in [-0.3, -0.25) is 14.6 Å². The Morgan fingerprint density at radius 3 is 2.21 bits per heavy atom. The molecular weight excluding hydrogens is 596 g/mol. The number of rotatable bonds is 10. The van der Waals surface area contributed by atoms with Crippen LogP contribution in [0.5, 0.6) is 28.7 Å². The minimum absolute atomic E-state index is 0.0896. The van der Waals surface area contributed by atoms with Crippen LogP contribution in [-0.2, 0) is 0 Å². The van der Waals surface area contributed by atoms with Gasteiger partial charge in [-0.15, -0.1) is 13.2 Å². The van der Waals surface area contributed by atoms with Gasteiger partial charge in [0, 0.05) is 18.0 Å². The standard InChI is InChI=1S/C23H13B3ClF6N3O6/c1-39-18-14(19(29)30)9(27)7-13(15(18)21(38)36-8-4-5-35-10(6-8)20(34)37)40-12-3-2-11(41-23(31,32)33)16(28)17(12)42-22(24,25)26/h2-7,19H,1H3,(H2,34,37)(H,35,36,38). The number of nitrogens with one attached hydrogen (secondary N) is 1. The summed E-state index contributed by atoms with van der Waals surface area (Å²) in [5.74, 6) is -8.98. The van der Waals surface area contributed by atoms with Crippen LogP contribution in [0.4, 0.5) is 32.0 Å². The fourth-order valence-corrected chi connectivity index (χ4v) is 3.63. The molecule has 6 radical (unpaired) electrons. The summed E-state index contributed by atoms with van der Waals surface area (Å²) in [5, 5.41) is -1.09. The number of halogens is 7. The summed E-state index contributed by atoms with van der Waals surface area (Å²) in [6, 6.07) is 4.12. The van der Waals surface area contributed by atoms with Gasteiger partial charge in [0.15, 0.2) is 17.2 Å². The second-order valence-electron chi connectivity index (χ2n) is 8.04. The molecule has 1 heterocycles. The molecule has 0 aliphatic carbocycles. The lowest BCUT2D eigenvalue weighted by Crippen LogP contribution is -2.38. The molecule has 0 aliphatic rings. The molecule has 2 aromatic carbocycles. The highest BCUT2D eigenvalue weighted by Crippen LogP contribution is 2.47. The second-order valence-corrected chi connectivity index (χ2v) is 8.44. The van der Waals surface area contributed by atoms with Crippen LogP contribution in [0.3, 0.4) is 0 Å². The van der Waals surface area contributed by atoms with Crippen molar-refractivity contribution in [3.8, 4) is 28.7 Å². The van der Waals surface area contributed by atoms with Gasteiger partial charge in [0.2, 0.25) is 5.82 Å². The number of primary amides is 1. The van der Waals surface area contributed by atoms with Crippen LogP contribution in [0.1, 0.15) is 32.8 Å². The topological polar surface area (TPSA) is 122 Å². The number of carbonyl (C=O) groups excluding carboxylic acids is 2. The number of ether oxygens (including phenoxy) is 4. The van der Waals surface area contributed by atoms with Crippen LogP contribution in [0, 0.1) is 5.82 Å². The summed E-state index contributed by atoms with van der Waals surface area (Å²) in [4.78, 5) is 28.5. The number of hydrogen-bond acceptors (Lipinski definition) is 7. The van der Waals surface area contributed by atoms with Crippen molar-refractivity contribution in [3.63, 3.8) is 0 Å². The molecule has 0 bridgehead atoms. The zero-order valence-corrected chi connectivity index (χ0v) is 21.6. The van der Waals surface area contributed by atoms with E-state index in [0.29, 0.717) is 18.2 Å². The summed E-state index contributed by atoms with van der Waals surface area (Å²) < 4.78 is 100. The van der Waals surface area contributed by atoms with Crippen molar-refractivity contribution >= 4 is 52.6 Å². The van der Waals surface area contributed by atoms with Gasteiger partial charge in [0.25, 0.3) is 18.2 Å². The molecule has 9 nitrogen and oxygen atoms in total. The first-order valence-electron chi connectivity index (χ1n) is 11.0. The third-order valence-electron chi connectivity index (χ3n) is 4.90. The summed E-state index contributed by atoms with van der Waals surface area (Å²) in [5.41, 5.74) is 3.09. The molecule has 0 saturated heterocycles. The van der Waals surface area contributed by atoms with Crippen molar-refractivity contribution in [3.05, 3.63) is 64.2 Å². The van der Waals surface area contributed by atoms with Crippen molar-refractivity contribution in [2.45, 2.75) is 18.1 Å². The first-order valence-corrected chi connectivity index (χ1v) is 11.4. The molecule has 3 N–H and O–H groups in total. The van der Waals surface area contributed by atoms with Crippen molar-refractivity contribution in [2.75, 3.05) is 12.4 Å². The van der Waals surface area contributed by atoms with Gasteiger partial charge >= 0.3 is 6.36 Å².